The average Bonchev–Trinajstić information content (AvgIpc) is 2.66. The number of carbonyl (C=O) groups excluding carboxylic acids is 2. The number of rotatable bonds is 7. The van der Waals surface area contributed by atoms with Crippen LogP contribution in [0.3, 0.4) is 0 Å². The summed E-state index contributed by atoms with van der Waals surface area (Å²) in [5.41, 5.74) is 2.35. The van der Waals surface area contributed by atoms with Gasteiger partial charge in [0, 0.05) is 11.0 Å². The van der Waals surface area contributed by atoms with E-state index in [1.165, 1.54) is 11.6 Å². The van der Waals surface area contributed by atoms with E-state index in [4.69, 9.17) is 9.94 Å². The van der Waals surface area contributed by atoms with Crippen LogP contribution < -0.4 is 15.5 Å². The second-order valence-electron chi connectivity index (χ2n) is 5.04. The predicted octanol–water partition coefficient (Wildman–Crippen LogP) is 2.79. The molecular weight excluding hydrogens is 356 g/mol. The zero-order valence-corrected chi connectivity index (χ0v) is 14.5. The number of nitrogens with one attached hydrogen (secondary N) is 2. The van der Waals surface area contributed by atoms with Gasteiger partial charge in [0.25, 0.3) is 0 Å². The van der Waals surface area contributed by atoms with Crippen molar-refractivity contribution >= 4 is 29.0 Å². The molecule has 0 heterocycles. The molecule has 0 aliphatic carbocycles. The molecule has 0 bridgehead atoms. The summed E-state index contributed by atoms with van der Waals surface area (Å²) in [6, 6.07) is 13.3. The molecule has 0 spiro atoms. The fourth-order valence-electron chi connectivity index (χ4n) is 1.89. The lowest BCUT2D eigenvalue weighted by Crippen LogP contribution is -2.26. The first kappa shape index (κ1) is 19.4. The predicted molar refractivity (Wildman–Crippen MR) is 98.3 cm³/mol. The van der Waals surface area contributed by atoms with Crippen LogP contribution in [0, 0.1) is 0 Å². The Hall–Kier alpha value is -2.97. The lowest BCUT2D eigenvalue weighted by molar-refractivity contribution is -0.116. The summed E-state index contributed by atoms with van der Waals surface area (Å²) in [5.74, 6) is 0.531. The number of hydrogen-bond donors (Lipinski definition) is 4. The molecule has 2 aromatic rings. The van der Waals surface area contributed by atoms with E-state index in [9.17, 15) is 14.7 Å². The van der Waals surface area contributed by atoms with Gasteiger partial charge in [0.15, 0.2) is 0 Å². The third-order valence-electron chi connectivity index (χ3n) is 3.12. The van der Waals surface area contributed by atoms with Gasteiger partial charge in [0.2, 0.25) is 5.91 Å². The average molecular weight is 374 g/mol. The molecular formula is C18H18N2O5S. The Morgan fingerprint density at radius 3 is 2.42 bits per heavy atom. The van der Waals surface area contributed by atoms with Gasteiger partial charge in [-0.1, -0.05) is 12.1 Å². The molecule has 0 aliphatic heterocycles. The molecule has 0 saturated carbocycles. The van der Waals surface area contributed by atoms with Crippen molar-refractivity contribution in [2.75, 3.05) is 13.2 Å². The number of ether oxygens (including phenoxy) is 1. The summed E-state index contributed by atoms with van der Waals surface area (Å²) < 4.78 is 5.49. The topological polar surface area (TPSA) is 108 Å². The summed E-state index contributed by atoms with van der Waals surface area (Å²) >= 11 is 0.855. The molecule has 0 aromatic heterocycles. The summed E-state index contributed by atoms with van der Waals surface area (Å²) in [6.45, 7) is 0.630. The summed E-state index contributed by atoms with van der Waals surface area (Å²) in [5, 5.41) is 19.8. The van der Waals surface area contributed by atoms with E-state index in [0.717, 1.165) is 17.3 Å². The van der Waals surface area contributed by atoms with E-state index in [1.807, 2.05) is 0 Å². The van der Waals surface area contributed by atoms with Gasteiger partial charge in [-0.25, -0.2) is 5.48 Å². The van der Waals surface area contributed by atoms with E-state index in [2.05, 4.69) is 5.32 Å². The fraction of sp³-hybridized carbons (Fsp3) is 0.111. The SMILES string of the molecule is O=C(/C=C/c1ccc(O)cc1)NCCOc1ccc(SC(=O)NO)cc1. The van der Waals surface area contributed by atoms with Crippen LogP contribution in [-0.4, -0.2) is 34.6 Å². The highest BCUT2D eigenvalue weighted by atomic mass is 32.2. The first-order valence-electron chi connectivity index (χ1n) is 7.66. The van der Waals surface area contributed by atoms with Crippen LogP contribution in [-0.2, 0) is 4.79 Å². The number of amides is 2. The van der Waals surface area contributed by atoms with Crippen LogP contribution in [0.15, 0.2) is 59.5 Å². The number of benzene rings is 2. The lowest BCUT2D eigenvalue weighted by Gasteiger charge is -2.07. The van der Waals surface area contributed by atoms with Gasteiger partial charge < -0.3 is 15.2 Å². The van der Waals surface area contributed by atoms with Gasteiger partial charge in [-0.2, -0.15) is 0 Å². The molecule has 0 atom stereocenters. The first-order valence-corrected chi connectivity index (χ1v) is 8.48. The van der Waals surface area contributed by atoms with Crippen molar-refractivity contribution in [2.45, 2.75) is 4.90 Å². The lowest BCUT2D eigenvalue weighted by atomic mass is 10.2. The maximum absolute atomic E-state index is 11.7. The maximum Gasteiger partial charge on any atom is 0.307 e. The standard InChI is InChI=1S/C18H18N2O5S/c21-14-4-1-13(2-5-14)3-10-17(22)19-11-12-25-15-6-8-16(9-7-15)26-18(23)20-24/h1-10,21,24H,11-12H2,(H,19,22)(H,20,23)/b10-3+. The number of thioether (sulfide) groups is 1. The molecule has 0 aliphatic rings. The normalized spacial score (nSPS) is 10.5. The summed E-state index contributed by atoms with van der Waals surface area (Å²) in [7, 11) is 0. The summed E-state index contributed by atoms with van der Waals surface area (Å²) in [4.78, 5) is 23.4. The Bertz CT molecular complexity index is 760. The molecule has 0 fully saturated rings. The van der Waals surface area contributed by atoms with Crippen molar-refractivity contribution in [2.24, 2.45) is 0 Å². The van der Waals surface area contributed by atoms with Crippen LogP contribution in [0.1, 0.15) is 5.56 Å². The Balaban J connectivity index is 1.68. The molecule has 2 rings (SSSR count). The number of hydroxylamine groups is 1. The molecule has 2 amide bonds. The van der Waals surface area contributed by atoms with Gasteiger partial charge >= 0.3 is 5.24 Å². The monoisotopic (exact) mass is 374 g/mol. The number of phenols is 1. The first-order chi connectivity index (χ1) is 12.6. The number of phenolic OH excluding ortho intramolecular Hbond substituents is 1. The van der Waals surface area contributed by atoms with Crippen LogP contribution in [0.25, 0.3) is 6.08 Å². The molecule has 136 valence electrons. The van der Waals surface area contributed by atoms with Crippen LogP contribution in [0.5, 0.6) is 11.5 Å². The van der Waals surface area contributed by atoms with Crippen molar-refractivity contribution < 1.29 is 24.6 Å². The van der Waals surface area contributed by atoms with E-state index in [0.29, 0.717) is 23.8 Å². The Morgan fingerprint density at radius 2 is 1.77 bits per heavy atom. The zero-order valence-electron chi connectivity index (χ0n) is 13.7. The van der Waals surface area contributed by atoms with Crippen molar-refractivity contribution in [3.8, 4) is 11.5 Å². The van der Waals surface area contributed by atoms with Gasteiger partial charge in [0.1, 0.15) is 18.1 Å². The van der Waals surface area contributed by atoms with E-state index < -0.39 is 5.24 Å². The second kappa shape index (κ2) is 10.1. The molecule has 2 aromatic carbocycles. The molecule has 8 heteroatoms. The highest BCUT2D eigenvalue weighted by Gasteiger charge is 2.03. The maximum atomic E-state index is 11.7. The Morgan fingerprint density at radius 1 is 1.08 bits per heavy atom. The zero-order chi connectivity index (χ0) is 18.8. The largest absolute Gasteiger partial charge is 0.508 e. The quantitative estimate of drug-likeness (QED) is 0.195. The van der Waals surface area contributed by atoms with Crippen LogP contribution in [0.2, 0.25) is 0 Å². The van der Waals surface area contributed by atoms with Crippen molar-refractivity contribution in [1.29, 1.82) is 0 Å². The molecule has 4 N–H and O–H groups in total. The van der Waals surface area contributed by atoms with Gasteiger partial charge in [0.05, 0.1) is 6.54 Å². The van der Waals surface area contributed by atoms with Gasteiger partial charge in [-0.3, -0.25) is 14.8 Å². The molecule has 7 nitrogen and oxygen atoms in total. The summed E-state index contributed by atoms with van der Waals surface area (Å²) in [6.07, 6.45) is 3.05. The van der Waals surface area contributed by atoms with E-state index in [1.54, 1.807) is 54.6 Å². The number of hydrogen-bond acceptors (Lipinski definition) is 6. The highest BCUT2D eigenvalue weighted by molar-refractivity contribution is 8.13. The molecule has 0 unspecified atom stereocenters. The van der Waals surface area contributed by atoms with Crippen LogP contribution >= 0.6 is 11.8 Å². The van der Waals surface area contributed by atoms with E-state index >= 15 is 0 Å². The number of carbonyl (C=O) groups is 2. The van der Waals surface area contributed by atoms with E-state index in [-0.39, 0.29) is 11.7 Å². The smallest absolute Gasteiger partial charge is 0.307 e. The fourth-order valence-corrected chi connectivity index (χ4v) is 2.43. The minimum Gasteiger partial charge on any atom is -0.508 e. The molecule has 0 saturated heterocycles. The second-order valence-corrected chi connectivity index (χ2v) is 6.08. The highest BCUT2D eigenvalue weighted by Crippen LogP contribution is 2.21. The van der Waals surface area contributed by atoms with Crippen molar-refractivity contribution in [3.05, 3.63) is 60.2 Å². The number of aromatic hydroxyl groups is 1. The molecule has 0 radical (unpaired) electrons. The van der Waals surface area contributed by atoms with Crippen LogP contribution in [0.4, 0.5) is 4.79 Å². The Kier molecular flexibility index (Phi) is 7.53. The van der Waals surface area contributed by atoms with Gasteiger partial charge in [-0.05, 0) is 59.8 Å². The third-order valence-corrected chi connectivity index (χ3v) is 3.90. The minimum absolute atomic E-state index is 0.173. The molecule has 26 heavy (non-hydrogen) atoms. The van der Waals surface area contributed by atoms with Crippen molar-refractivity contribution in [3.63, 3.8) is 0 Å². The minimum atomic E-state index is -0.568. The Labute approximate surface area is 154 Å². The van der Waals surface area contributed by atoms with Crippen molar-refractivity contribution in [1.82, 2.24) is 10.8 Å². The van der Waals surface area contributed by atoms with Gasteiger partial charge in [-0.15, -0.1) is 0 Å². The third kappa shape index (κ3) is 6.88.